The molecule has 0 bridgehead atoms. The molecule has 0 fully saturated rings. The van der Waals surface area contributed by atoms with E-state index in [9.17, 15) is 0 Å². The molecular weight excluding hydrogens is 192 g/mol. The summed E-state index contributed by atoms with van der Waals surface area (Å²) in [5.41, 5.74) is 1.13. The molecule has 0 unspecified atom stereocenters. The molecule has 0 aromatic carbocycles. The second-order valence-electron chi connectivity index (χ2n) is 3.04. The maximum absolute atomic E-state index is 4.42. The van der Waals surface area contributed by atoms with E-state index in [-0.39, 0.29) is 0 Å². The monoisotopic (exact) mass is 204 g/mol. The predicted octanol–water partition coefficient (Wildman–Crippen LogP) is 2.63. The standard InChI is InChI=1S/C11H12N2S/c1-3-10(9-12-6-1)4-5-11-13-7-2-8-14-11/h1,3-6,9H,2,7-8H2. The summed E-state index contributed by atoms with van der Waals surface area (Å²) in [7, 11) is 0. The van der Waals surface area contributed by atoms with Crippen molar-refractivity contribution in [1.29, 1.82) is 0 Å². The van der Waals surface area contributed by atoms with Gasteiger partial charge in [0.2, 0.25) is 0 Å². The molecule has 0 N–H and O–H groups in total. The average Bonchev–Trinajstić information content (AvgIpc) is 2.29. The Morgan fingerprint density at radius 2 is 2.36 bits per heavy atom. The Hall–Kier alpha value is -1.09. The summed E-state index contributed by atoms with van der Waals surface area (Å²) in [6, 6.07) is 3.98. The number of rotatable bonds is 2. The lowest BCUT2D eigenvalue weighted by molar-refractivity contribution is 0.940. The first-order valence-electron chi connectivity index (χ1n) is 4.70. The third-order valence-electron chi connectivity index (χ3n) is 1.92. The van der Waals surface area contributed by atoms with Gasteiger partial charge in [0.25, 0.3) is 0 Å². The van der Waals surface area contributed by atoms with E-state index < -0.39 is 0 Å². The SMILES string of the molecule is C(=Cc1cccnc1)C1=NCCCS1. The van der Waals surface area contributed by atoms with Crippen molar-refractivity contribution in [2.75, 3.05) is 12.3 Å². The highest BCUT2D eigenvalue weighted by atomic mass is 32.2. The fourth-order valence-electron chi connectivity index (χ4n) is 1.22. The molecule has 2 rings (SSSR count). The van der Waals surface area contributed by atoms with Gasteiger partial charge in [-0.1, -0.05) is 12.1 Å². The van der Waals surface area contributed by atoms with Crippen LogP contribution in [-0.4, -0.2) is 22.3 Å². The molecule has 1 aromatic rings. The third-order valence-corrected chi connectivity index (χ3v) is 2.98. The molecule has 0 amide bonds. The first-order chi connectivity index (χ1) is 6.95. The molecule has 14 heavy (non-hydrogen) atoms. The van der Waals surface area contributed by atoms with Crippen LogP contribution in [0.25, 0.3) is 6.08 Å². The number of aromatic nitrogens is 1. The summed E-state index contributed by atoms with van der Waals surface area (Å²) >= 11 is 1.83. The minimum Gasteiger partial charge on any atom is -0.278 e. The van der Waals surface area contributed by atoms with Gasteiger partial charge in [-0.25, -0.2) is 0 Å². The van der Waals surface area contributed by atoms with Crippen LogP contribution in [0.1, 0.15) is 12.0 Å². The van der Waals surface area contributed by atoms with Gasteiger partial charge in [0.1, 0.15) is 0 Å². The molecule has 0 aliphatic carbocycles. The van der Waals surface area contributed by atoms with E-state index in [4.69, 9.17) is 0 Å². The highest BCUT2D eigenvalue weighted by molar-refractivity contribution is 8.14. The average molecular weight is 204 g/mol. The number of thioether (sulfide) groups is 1. The molecule has 0 atom stereocenters. The van der Waals surface area contributed by atoms with Gasteiger partial charge in [-0.3, -0.25) is 9.98 Å². The number of hydrogen-bond acceptors (Lipinski definition) is 3. The van der Waals surface area contributed by atoms with Crippen LogP contribution in [0.3, 0.4) is 0 Å². The molecule has 3 heteroatoms. The highest BCUT2D eigenvalue weighted by Gasteiger charge is 2.01. The lowest BCUT2D eigenvalue weighted by atomic mass is 10.3. The zero-order valence-electron chi connectivity index (χ0n) is 7.89. The molecule has 0 radical (unpaired) electrons. The predicted molar refractivity (Wildman–Crippen MR) is 62.6 cm³/mol. The van der Waals surface area contributed by atoms with Gasteiger partial charge in [-0.05, 0) is 24.1 Å². The van der Waals surface area contributed by atoms with Gasteiger partial charge < -0.3 is 0 Å². The molecule has 1 aromatic heterocycles. The molecule has 0 saturated heterocycles. The van der Waals surface area contributed by atoms with Crippen LogP contribution in [0.5, 0.6) is 0 Å². The van der Waals surface area contributed by atoms with Crippen molar-refractivity contribution in [3.63, 3.8) is 0 Å². The number of hydrogen-bond donors (Lipinski definition) is 0. The largest absolute Gasteiger partial charge is 0.278 e. The molecule has 0 saturated carbocycles. The van der Waals surface area contributed by atoms with Gasteiger partial charge in [-0.15, -0.1) is 11.8 Å². The summed E-state index contributed by atoms with van der Waals surface area (Å²) < 4.78 is 0. The normalized spacial score (nSPS) is 17.0. The summed E-state index contributed by atoms with van der Waals surface area (Å²) in [5, 5.41) is 1.14. The van der Waals surface area contributed by atoms with Gasteiger partial charge in [-0.2, -0.15) is 0 Å². The van der Waals surface area contributed by atoms with Crippen molar-refractivity contribution in [1.82, 2.24) is 4.98 Å². The van der Waals surface area contributed by atoms with E-state index >= 15 is 0 Å². The maximum Gasteiger partial charge on any atom is 0.0904 e. The van der Waals surface area contributed by atoms with Crippen molar-refractivity contribution < 1.29 is 0 Å². The van der Waals surface area contributed by atoms with E-state index in [1.54, 1.807) is 6.20 Å². The number of aliphatic imine (C=N–C) groups is 1. The van der Waals surface area contributed by atoms with Crippen LogP contribution < -0.4 is 0 Å². The van der Waals surface area contributed by atoms with Crippen LogP contribution >= 0.6 is 11.8 Å². The first-order valence-corrected chi connectivity index (χ1v) is 5.69. The van der Waals surface area contributed by atoms with Gasteiger partial charge in [0, 0.05) is 24.7 Å². The summed E-state index contributed by atoms with van der Waals surface area (Å²) in [6.07, 6.45) is 8.97. The first kappa shape index (κ1) is 9.46. The van der Waals surface area contributed by atoms with Crippen molar-refractivity contribution in [3.05, 3.63) is 36.2 Å². The van der Waals surface area contributed by atoms with E-state index in [2.05, 4.69) is 22.1 Å². The topological polar surface area (TPSA) is 25.2 Å². The minimum atomic E-state index is 0.972. The Balaban J connectivity index is 2.03. The van der Waals surface area contributed by atoms with E-state index in [1.807, 2.05) is 30.1 Å². The molecule has 0 spiro atoms. The Morgan fingerprint density at radius 3 is 3.07 bits per heavy atom. The summed E-state index contributed by atoms with van der Waals surface area (Å²) in [4.78, 5) is 8.47. The number of pyridine rings is 1. The molecule has 1 aliphatic rings. The van der Waals surface area contributed by atoms with Crippen molar-refractivity contribution >= 4 is 22.9 Å². The van der Waals surface area contributed by atoms with Crippen LogP contribution in [0.2, 0.25) is 0 Å². The molecule has 72 valence electrons. The molecule has 1 aliphatic heterocycles. The maximum atomic E-state index is 4.42. The van der Waals surface area contributed by atoms with Crippen LogP contribution in [0, 0.1) is 0 Å². The summed E-state index contributed by atoms with van der Waals surface area (Å²) in [6.45, 7) is 0.972. The van der Waals surface area contributed by atoms with Crippen molar-refractivity contribution in [3.8, 4) is 0 Å². The Bertz CT molecular complexity index is 344. The van der Waals surface area contributed by atoms with E-state index in [0.717, 1.165) is 17.2 Å². The fraction of sp³-hybridized carbons (Fsp3) is 0.273. The lowest BCUT2D eigenvalue weighted by Gasteiger charge is -2.06. The van der Waals surface area contributed by atoms with Crippen molar-refractivity contribution in [2.45, 2.75) is 6.42 Å². The third kappa shape index (κ3) is 2.70. The quantitative estimate of drug-likeness (QED) is 0.740. The number of nitrogens with zero attached hydrogens (tertiary/aromatic N) is 2. The molecule has 2 heterocycles. The second-order valence-corrected chi connectivity index (χ2v) is 4.16. The second kappa shape index (κ2) is 4.96. The van der Waals surface area contributed by atoms with Gasteiger partial charge in [0.05, 0.1) is 5.04 Å². The van der Waals surface area contributed by atoms with Crippen LogP contribution in [0.15, 0.2) is 35.6 Å². The van der Waals surface area contributed by atoms with Crippen LogP contribution in [-0.2, 0) is 0 Å². The van der Waals surface area contributed by atoms with Gasteiger partial charge in [0.15, 0.2) is 0 Å². The fourth-order valence-corrected chi connectivity index (χ4v) is 2.05. The van der Waals surface area contributed by atoms with Crippen LogP contribution in [0.4, 0.5) is 0 Å². The Kier molecular flexibility index (Phi) is 3.35. The lowest BCUT2D eigenvalue weighted by Crippen LogP contribution is -2.00. The Morgan fingerprint density at radius 1 is 1.36 bits per heavy atom. The van der Waals surface area contributed by atoms with E-state index in [1.165, 1.54) is 12.2 Å². The minimum absolute atomic E-state index is 0.972. The zero-order chi connectivity index (χ0) is 9.64. The molecular formula is C11H12N2S. The van der Waals surface area contributed by atoms with Crippen molar-refractivity contribution in [2.24, 2.45) is 4.99 Å². The Labute approximate surface area is 88.2 Å². The highest BCUT2D eigenvalue weighted by Crippen LogP contribution is 2.14. The summed E-state index contributed by atoms with van der Waals surface area (Å²) in [5.74, 6) is 1.19. The van der Waals surface area contributed by atoms with Gasteiger partial charge >= 0.3 is 0 Å². The smallest absolute Gasteiger partial charge is 0.0904 e. The zero-order valence-corrected chi connectivity index (χ0v) is 8.70. The molecule has 2 nitrogen and oxygen atoms in total. The van der Waals surface area contributed by atoms with E-state index in [0.29, 0.717) is 0 Å².